The molecule has 5 heteroatoms. The summed E-state index contributed by atoms with van der Waals surface area (Å²) in [5.41, 5.74) is 0.622. The summed E-state index contributed by atoms with van der Waals surface area (Å²) in [6.45, 7) is 5.10. The van der Waals surface area contributed by atoms with E-state index in [-0.39, 0.29) is 17.1 Å². The van der Waals surface area contributed by atoms with Crippen LogP contribution in [-0.4, -0.2) is 23.2 Å². The lowest BCUT2D eigenvalue weighted by atomic mass is 10.0. The molecule has 15 heavy (non-hydrogen) atoms. The molecule has 0 radical (unpaired) electrons. The largest absolute Gasteiger partial charge is 0.707 e. The molecule has 1 aromatic rings. The Morgan fingerprint density at radius 3 is 2.53 bits per heavy atom. The first-order valence-electron chi connectivity index (χ1n) is 4.34. The first-order chi connectivity index (χ1) is 7.02. The summed E-state index contributed by atoms with van der Waals surface area (Å²) in [4.78, 5) is 11.6. The summed E-state index contributed by atoms with van der Waals surface area (Å²) < 4.78 is 4.67. The van der Waals surface area contributed by atoms with E-state index in [1.165, 1.54) is 12.1 Å². The van der Waals surface area contributed by atoms with Crippen molar-refractivity contribution < 1.29 is 19.5 Å². The van der Waals surface area contributed by atoms with E-state index in [0.717, 1.165) is 0 Å². The molecule has 0 aliphatic rings. The zero-order chi connectivity index (χ0) is 11.4. The first kappa shape index (κ1) is 11.5. The average Bonchev–Trinajstić information content (AvgIpc) is 2.16. The van der Waals surface area contributed by atoms with Gasteiger partial charge in [-0.15, -0.1) is 0 Å². The molecule has 1 aromatic carbocycles. The second kappa shape index (κ2) is 4.77. The van der Waals surface area contributed by atoms with Gasteiger partial charge < -0.3 is 14.7 Å². The monoisotopic (exact) mass is 206 g/mol. The summed E-state index contributed by atoms with van der Waals surface area (Å²) in [6.07, 6.45) is 0. The number of hydrogen-bond acceptors (Lipinski definition) is 4. The minimum absolute atomic E-state index is 0.125. The van der Waals surface area contributed by atoms with Gasteiger partial charge in [-0.3, -0.25) is 4.79 Å². The van der Waals surface area contributed by atoms with E-state index in [1.807, 2.05) is 0 Å². The van der Waals surface area contributed by atoms with Crippen LogP contribution in [0.4, 0.5) is 0 Å². The van der Waals surface area contributed by atoms with Crippen molar-refractivity contribution in [3.05, 3.63) is 42.0 Å². The minimum Gasteiger partial charge on any atom is -0.511 e. The fourth-order valence-corrected chi connectivity index (χ4v) is 1.10. The van der Waals surface area contributed by atoms with E-state index in [2.05, 4.69) is 11.2 Å². The van der Waals surface area contributed by atoms with Crippen molar-refractivity contribution in [3.8, 4) is 5.75 Å². The highest BCUT2D eigenvalue weighted by molar-refractivity contribution is 6.34. The molecule has 78 valence electrons. The van der Waals surface area contributed by atoms with Crippen LogP contribution in [0, 0.1) is 0 Å². The Balaban J connectivity index is 3.06. The highest BCUT2D eigenvalue weighted by Crippen LogP contribution is 2.20. The maximum atomic E-state index is 11.6. The third-order valence-corrected chi connectivity index (χ3v) is 1.75. The Labute approximate surface area is 88.0 Å². The van der Waals surface area contributed by atoms with Gasteiger partial charge in [-0.1, -0.05) is 18.7 Å². The van der Waals surface area contributed by atoms with Gasteiger partial charge >= 0.3 is 7.32 Å². The van der Waals surface area contributed by atoms with Crippen LogP contribution in [0.5, 0.6) is 5.75 Å². The van der Waals surface area contributed by atoms with Gasteiger partial charge in [-0.05, 0) is 24.6 Å². The van der Waals surface area contributed by atoms with E-state index >= 15 is 0 Å². The fraction of sp³-hybridized carbons (Fsp3) is 0.100. The highest BCUT2D eigenvalue weighted by Gasteiger charge is 2.17. The molecule has 4 nitrogen and oxygen atoms in total. The molecule has 0 spiro atoms. The molecule has 0 heterocycles. The van der Waals surface area contributed by atoms with Gasteiger partial charge in [0.25, 0.3) is 0 Å². The van der Waals surface area contributed by atoms with Crippen LogP contribution in [0.25, 0.3) is 0 Å². The summed E-state index contributed by atoms with van der Waals surface area (Å²) in [5.74, 6) is -0.160. The van der Waals surface area contributed by atoms with Gasteiger partial charge in [0.1, 0.15) is 5.75 Å². The number of allylic oxidation sites excluding steroid dienone is 1. The van der Waals surface area contributed by atoms with E-state index in [0.29, 0.717) is 5.57 Å². The first-order valence-corrected chi connectivity index (χ1v) is 4.34. The number of ketones is 1. The van der Waals surface area contributed by atoms with E-state index < -0.39 is 7.32 Å². The molecule has 0 aromatic heterocycles. The van der Waals surface area contributed by atoms with Crippen molar-refractivity contribution in [2.45, 2.75) is 6.92 Å². The summed E-state index contributed by atoms with van der Waals surface area (Å²) in [6, 6.07) is 6.31. The zero-order valence-corrected chi connectivity index (χ0v) is 8.30. The molecule has 1 rings (SSSR count). The van der Waals surface area contributed by atoms with Crippen LogP contribution in [-0.2, 0) is 0 Å². The lowest BCUT2D eigenvalue weighted by Gasteiger charge is -2.09. The van der Waals surface area contributed by atoms with Crippen LogP contribution in [0.3, 0.4) is 0 Å². The average molecular weight is 206 g/mol. The molecule has 0 bridgehead atoms. The van der Waals surface area contributed by atoms with Crippen LogP contribution in [0.2, 0.25) is 0 Å². The van der Waals surface area contributed by atoms with Gasteiger partial charge in [0, 0.05) is 0 Å². The van der Waals surface area contributed by atoms with Crippen LogP contribution < -0.4 is 4.65 Å². The molecule has 0 saturated carbocycles. The Morgan fingerprint density at radius 2 is 2.00 bits per heavy atom. The molecule has 0 unspecified atom stereocenters. The van der Waals surface area contributed by atoms with Gasteiger partial charge in [0.05, 0.1) is 5.56 Å². The zero-order valence-electron chi connectivity index (χ0n) is 8.30. The summed E-state index contributed by atoms with van der Waals surface area (Å²) >= 11 is 0. The number of carbonyl (C=O) groups is 1. The number of Topliss-reactive ketones (excluding diaryl/α,β-unsaturated/α-hetero) is 1. The maximum Gasteiger partial charge on any atom is 0.707 e. The highest BCUT2D eigenvalue weighted by atomic mass is 16.6. The predicted molar refractivity (Wildman–Crippen MR) is 56.4 cm³/mol. The SMILES string of the molecule is C=C(C)C(=O)c1ccccc1OB(O)O. The minimum atomic E-state index is -1.94. The standard InChI is InChI=1S/C10H11BO4/c1-7(2)10(12)8-5-3-4-6-9(8)15-11(13)14/h3-6,13-14H,1H2,2H3. The van der Waals surface area contributed by atoms with Gasteiger partial charge in [-0.25, -0.2) is 0 Å². The van der Waals surface area contributed by atoms with Crippen molar-refractivity contribution >= 4 is 13.1 Å². The summed E-state index contributed by atoms with van der Waals surface area (Å²) in [7, 11) is -1.94. The van der Waals surface area contributed by atoms with E-state index in [4.69, 9.17) is 10.0 Å². The van der Waals surface area contributed by atoms with Crippen LogP contribution in [0.1, 0.15) is 17.3 Å². The van der Waals surface area contributed by atoms with Crippen molar-refractivity contribution in [2.75, 3.05) is 0 Å². The number of rotatable bonds is 4. The Bertz CT molecular complexity index is 387. The Hall–Kier alpha value is -1.59. The van der Waals surface area contributed by atoms with Crippen molar-refractivity contribution in [2.24, 2.45) is 0 Å². The molecule has 0 saturated heterocycles. The number of hydrogen-bond donors (Lipinski definition) is 2. The van der Waals surface area contributed by atoms with E-state index in [9.17, 15) is 4.79 Å². The second-order valence-corrected chi connectivity index (χ2v) is 3.05. The molecule has 0 aliphatic carbocycles. The van der Waals surface area contributed by atoms with Gasteiger partial charge in [0.15, 0.2) is 5.78 Å². The summed E-state index contributed by atoms with van der Waals surface area (Å²) in [5, 5.41) is 17.3. The Morgan fingerprint density at radius 1 is 1.40 bits per heavy atom. The van der Waals surface area contributed by atoms with E-state index in [1.54, 1.807) is 19.1 Å². The number of benzene rings is 1. The predicted octanol–water partition coefficient (Wildman–Crippen LogP) is 0.794. The lowest BCUT2D eigenvalue weighted by Crippen LogP contribution is -2.22. The molecular formula is C10H11BO4. The topological polar surface area (TPSA) is 66.8 Å². The molecule has 0 aliphatic heterocycles. The third kappa shape index (κ3) is 2.94. The van der Waals surface area contributed by atoms with Gasteiger partial charge in [-0.2, -0.15) is 0 Å². The number of carbonyl (C=O) groups excluding carboxylic acids is 1. The Kier molecular flexibility index (Phi) is 3.65. The number of para-hydroxylation sites is 1. The quantitative estimate of drug-likeness (QED) is 0.434. The molecule has 2 N–H and O–H groups in total. The van der Waals surface area contributed by atoms with Gasteiger partial charge in [0.2, 0.25) is 0 Å². The smallest absolute Gasteiger partial charge is 0.511 e. The molecule has 0 amide bonds. The second-order valence-electron chi connectivity index (χ2n) is 3.05. The van der Waals surface area contributed by atoms with Crippen molar-refractivity contribution in [3.63, 3.8) is 0 Å². The van der Waals surface area contributed by atoms with Crippen molar-refractivity contribution in [1.29, 1.82) is 0 Å². The maximum absolute atomic E-state index is 11.6. The lowest BCUT2D eigenvalue weighted by molar-refractivity contribution is 0.103. The molecular weight excluding hydrogens is 195 g/mol. The fourth-order valence-electron chi connectivity index (χ4n) is 1.10. The molecule has 0 fully saturated rings. The van der Waals surface area contributed by atoms with Crippen LogP contribution >= 0.6 is 0 Å². The third-order valence-electron chi connectivity index (χ3n) is 1.75. The van der Waals surface area contributed by atoms with Crippen molar-refractivity contribution in [1.82, 2.24) is 0 Å². The normalized spacial score (nSPS) is 9.53. The molecule has 0 atom stereocenters. The van der Waals surface area contributed by atoms with Crippen LogP contribution in [0.15, 0.2) is 36.4 Å².